The normalized spacial score (nSPS) is 13.7. The lowest BCUT2D eigenvalue weighted by Crippen LogP contribution is -2.37. The third kappa shape index (κ3) is 77.6. The van der Waals surface area contributed by atoms with Crippen LogP contribution >= 0.6 is 7.82 Å². The molecule has 0 aliphatic carbocycles. The highest BCUT2D eigenvalue weighted by molar-refractivity contribution is 7.47. The second kappa shape index (κ2) is 72.9. The molecule has 538 valence electrons. The molecule has 0 aromatic rings. The van der Waals surface area contributed by atoms with Gasteiger partial charge in [-0.2, -0.15) is 0 Å². The van der Waals surface area contributed by atoms with Gasteiger partial charge in [0.15, 0.2) is 6.10 Å². The molecule has 0 amide bonds. The van der Waals surface area contributed by atoms with Crippen LogP contribution in [-0.4, -0.2) is 74.9 Å². The number of carbonyl (C=O) groups excluding carboxylic acids is 2. The van der Waals surface area contributed by atoms with Gasteiger partial charge in [-0.3, -0.25) is 18.6 Å². The average Bonchev–Trinajstić information content (AvgIpc) is 2.30. The minimum atomic E-state index is -4.40. The maximum Gasteiger partial charge on any atom is 0.472 e. The topological polar surface area (TPSA) is 108 Å². The van der Waals surface area contributed by atoms with Gasteiger partial charge in [-0.15, -0.1) is 0 Å². The zero-order valence-electron chi connectivity index (χ0n) is 61.5. The fourth-order valence-corrected chi connectivity index (χ4v) is 11.9. The molecule has 1 N–H and O–H groups in total. The van der Waals surface area contributed by atoms with Crippen molar-refractivity contribution < 1.29 is 42.1 Å². The van der Waals surface area contributed by atoms with Crippen molar-refractivity contribution in [1.29, 1.82) is 0 Å². The Kier molecular flexibility index (Phi) is 70.3. The van der Waals surface area contributed by atoms with Crippen molar-refractivity contribution in [2.45, 2.75) is 360 Å². The maximum atomic E-state index is 12.9. The van der Waals surface area contributed by atoms with Crippen molar-refractivity contribution in [3.05, 3.63) is 109 Å². The van der Waals surface area contributed by atoms with E-state index in [1.165, 1.54) is 225 Å². The number of rotatable bonds is 72. The molecule has 0 saturated heterocycles. The fourth-order valence-electron chi connectivity index (χ4n) is 11.1. The van der Waals surface area contributed by atoms with E-state index >= 15 is 0 Å². The van der Waals surface area contributed by atoms with Crippen LogP contribution < -0.4 is 0 Å². The molecular formula is C83H149NO8P+. The van der Waals surface area contributed by atoms with Gasteiger partial charge in [0.05, 0.1) is 27.7 Å². The first-order chi connectivity index (χ1) is 45.5. The molecule has 93 heavy (non-hydrogen) atoms. The van der Waals surface area contributed by atoms with Crippen molar-refractivity contribution in [2.75, 3.05) is 47.5 Å². The Morgan fingerprint density at radius 2 is 0.613 bits per heavy atom. The van der Waals surface area contributed by atoms with E-state index in [1.54, 1.807) is 0 Å². The summed E-state index contributed by atoms with van der Waals surface area (Å²) in [6.07, 6.45) is 104. The van der Waals surface area contributed by atoms with Gasteiger partial charge in [0, 0.05) is 12.8 Å². The second-order valence-corrected chi connectivity index (χ2v) is 28.8. The number of esters is 2. The van der Waals surface area contributed by atoms with Crippen LogP contribution in [0.25, 0.3) is 0 Å². The quantitative estimate of drug-likeness (QED) is 0.0211. The molecule has 0 heterocycles. The number of hydrogen-bond donors (Lipinski definition) is 1. The van der Waals surface area contributed by atoms with E-state index in [9.17, 15) is 19.0 Å². The van der Waals surface area contributed by atoms with Gasteiger partial charge in [0.25, 0.3) is 0 Å². The van der Waals surface area contributed by atoms with Gasteiger partial charge in [-0.25, -0.2) is 4.57 Å². The summed E-state index contributed by atoms with van der Waals surface area (Å²) in [7, 11) is 1.48. The smallest absolute Gasteiger partial charge is 0.462 e. The van der Waals surface area contributed by atoms with Gasteiger partial charge >= 0.3 is 19.8 Å². The van der Waals surface area contributed by atoms with E-state index < -0.39 is 26.5 Å². The molecule has 0 rings (SSSR count). The Balaban J connectivity index is 4.00. The number of phosphoric ester groups is 1. The summed E-state index contributed by atoms with van der Waals surface area (Å²) >= 11 is 0. The summed E-state index contributed by atoms with van der Waals surface area (Å²) in [6, 6.07) is 0. The molecule has 0 aliphatic heterocycles. The number of nitrogens with zero attached hydrogens (tertiary/aromatic N) is 1. The lowest BCUT2D eigenvalue weighted by molar-refractivity contribution is -0.870. The van der Waals surface area contributed by atoms with E-state index in [2.05, 4.69) is 123 Å². The van der Waals surface area contributed by atoms with Crippen molar-refractivity contribution in [3.63, 3.8) is 0 Å². The molecule has 0 aliphatic rings. The minimum Gasteiger partial charge on any atom is -0.462 e. The summed E-state index contributed by atoms with van der Waals surface area (Å²) in [6.45, 7) is 4.37. The highest BCUT2D eigenvalue weighted by Crippen LogP contribution is 2.43. The predicted octanol–water partition coefficient (Wildman–Crippen LogP) is 26.0. The molecule has 9 nitrogen and oxygen atoms in total. The van der Waals surface area contributed by atoms with Gasteiger partial charge in [0.1, 0.15) is 19.8 Å². The monoisotopic (exact) mass is 1320 g/mol. The first-order valence-electron chi connectivity index (χ1n) is 39.1. The molecule has 0 fully saturated rings. The summed E-state index contributed by atoms with van der Waals surface area (Å²) in [5.41, 5.74) is 0. The number of phosphoric acid groups is 1. The summed E-state index contributed by atoms with van der Waals surface area (Å²) < 4.78 is 34.8. The Labute approximate surface area is 576 Å². The predicted molar refractivity (Wildman–Crippen MR) is 404 cm³/mol. The van der Waals surface area contributed by atoms with Crippen molar-refractivity contribution in [2.24, 2.45) is 0 Å². The first kappa shape index (κ1) is 89.7. The molecule has 10 heteroatoms. The Morgan fingerprint density at radius 3 is 0.914 bits per heavy atom. The Bertz CT molecular complexity index is 1940. The molecule has 2 atom stereocenters. The molecule has 0 saturated carbocycles. The number of unbranched alkanes of at least 4 members (excludes halogenated alkanes) is 40. The molecule has 0 bridgehead atoms. The van der Waals surface area contributed by atoms with Crippen LogP contribution in [0.4, 0.5) is 0 Å². The van der Waals surface area contributed by atoms with Gasteiger partial charge in [-0.1, -0.05) is 367 Å². The summed E-state index contributed by atoms with van der Waals surface area (Å²) in [5, 5.41) is 0. The molecule has 0 aromatic heterocycles. The fraction of sp³-hybridized carbons (Fsp3) is 0.759. The van der Waals surface area contributed by atoms with E-state index in [4.69, 9.17) is 18.5 Å². The van der Waals surface area contributed by atoms with Crippen LogP contribution in [0.3, 0.4) is 0 Å². The molecular weight excluding hydrogens is 1170 g/mol. The lowest BCUT2D eigenvalue weighted by Gasteiger charge is -2.24. The number of allylic oxidation sites excluding steroid dienone is 18. The zero-order valence-corrected chi connectivity index (χ0v) is 62.4. The first-order valence-corrected chi connectivity index (χ1v) is 40.6. The molecule has 0 spiro atoms. The van der Waals surface area contributed by atoms with Crippen LogP contribution in [0, 0.1) is 0 Å². The van der Waals surface area contributed by atoms with Gasteiger partial charge in [-0.05, 0) is 83.5 Å². The molecule has 2 unspecified atom stereocenters. The van der Waals surface area contributed by atoms with E-state index in [0.717, 1.165) is 96.3 Å². The third-order valence-corrected chi connectivity index (χ3v) is 18.1. The van der Waals surface area contributed by atoms with Crippen LogP contribution in [0.15, 0.2) is 109 Å². The van der Waals surface area contributed by atoms with Crippen LogP contribution in [-0.2, 0) is 32.7 Å². The number of hydrogen-bond acceptors (Lipinski definition) is 7. The Hall–Kier alpha value is -3.33. The van der Waals surface area contributed by atoms with Crippen LogP contribution in [0.1, 0.15) is 354 Å². The zero-order chi connectivity index (χ0) is 67.6. The highest BCUT2D eigenvalue weighted by atomic mass is 31.2. The van der Waals surface area contributed by atoms with E-state index in [-0.39, 0.29) is 25.6 Å². The van der Waals surface area contributed by atoms with Crippen molar-refractivity contribution >= 4 is 19.8 Å². The molecule has 0 aromatic carbocycles. The van der Waals surface area contributed by atoms with Crippen LogP contribution in [0.2, 0.25) is 0 Å². The van der Waals surface area contributed by atoms with Gasteiger partial charge in [0.2, 0.25) is 0 Å². The number of likely N-dealkylation sites (N-methyl/N-ethyl adjacent to an activating group) is 1. The number of quaternary nitrogens is 1. The minimum absolute atomic E-state index is 0.0301. The molecule has 0 radical (unpaired) electrons. The Morgan fingerprint density at radius 1 is 0.344 bits per heavy atom. The summed E-state index contributed by atoms with van der Waals surface area (Å²) in [5.74, 6) is -0.786. The van der Waals surface area contributed by atoms with Crippen molar-refractivity contribution in [3.8, 4) is 0 Å². The number of ether oxygens (including phenoxy) is 2. The standard InChI is InChI=1S/C83H148NO8P/c1-6-8-10-12-14-16-18-20-22-24-26-28-30-32-34-36-37-38-39-40-41-42-43-44-45-46-47-48-50-52-54-56-58-60-62-64-66-68-70-72-74-76-83(86)92-81(80-91-93(87,88)90-78-77-84(3,4)5)79-89-82(85)75-73-71-69-67-65-63-61-59-57-55-53-51-49-35-33-31-29-27-25-23-21-19-17-15-13-11-9-7-2/h8,10,14,16,20,22,26,28,32,34,37-38,40-41,43-44,46-47,81H,6-7,9,11-13,15,17-19,21,23-25,27,29-31,33,35-36,39,42,45,48-80H2,1-5H3/p+1/b10-8-,16-14-,22-20-,28-26-,34-32-,38-37-,41-40-,44-43-,47-46-. The highest BCUT2D eigenvalue weighted by Gasteiger charge is 2.27. The van der Waals surface area contributed by atoms with Gasteiger partial charge < -0.3 is 18.9 Å². The number of carbonyl (C=O) groups is 2. The third-order valence-electron chi connectivity index (χ3n) is 17.1. The maximum absolute atomic E-state index is 12.9. The van der Waals surface area contributed by atoms with E-state index in [0.29, 0.717) is 23.9 Å². The van der Waals surface area contributed by atoms with E-state index in [1.807, 2.05) is 21.1 Å². The largest absolute Gasteiger partial charge is 0.472 e. The van der Waals surface area contributed by atoms with Crippen LogP contribution in [0.5, 0.6) is 0 Å². The lowest BCUT2D eigenvalue weighted by atomic mass is 10.0. The average molecular weight is 1320 g/mol. The van der Waals surface area contributed by atoms with Crippen molar-refractivity contribution in [1.82, 2.24) is 0 Å². The SMILES string of the molecule is CC/C=C\C/C=C\C/C=C\C/C=C\C/C=C\C/C=C\C/C=C\C/C=C\C/C=C\CCCCCCCCCCCCCCCC(=O)OC(COC(=O)CCCCCCCCCCCCCCCCCCCCCCCCCCCCCC)COP(=O)(O)OCC[N+](C)(C)C. The summed E-state index contributed by atoms with van der Waals surface area (Å²) in [4.78, 5) is 36.0. The second-order valence-electron chi connectivity index (χ2n) is 27.4.